The Labute approximate surface area is 152 Å². The van der Waals surface area contributed by atoms with Crippen molar-refractivity contribution < 1.29 is 14.3 Å². The molecular weight excluding hydrogens is 328 g/mol. The van der Waals surface area contributed by atoms with Crippen molar-refractivity contribution in [1.82, 2.24) is 14.4 Å². The van der Waals surface area contributed by atoms with Crippen LogP contribution in [0.15, 0.2) is 54.7 Å². The number of likely N-dealkylation sites (N-methyl/N-ethyl adjacent to an activating group) is 1. The lowest BCUT2D eigenvalue weighted by atomic mass is 10.2. The third-order valence-corrected chi connectivity index (χ3v) is 4.97. The molecule has 1 fully saturated rings. The van der Waals surface area contributed by atoms with Crippen molar-refractivity contribution in [1.29, 1.82) is 0 Å². The minimum atomic E-state index is -0.0667. The summed E-state index contributed by atoms with van der Waals surface area (Å²) in [6, 6.07) is 15.3. The highest BCUT2D eigenvalue weighted by atomic mass is 16.3. The van der Waals surface area contributed by atoms with Gasteiger partial charge in [0.2, 0.25) is 5.78 Å². The highest BCUT2D eigenvalue weighted by Crippen LogP contribution is 2.24. The van der Waals surface area contributed by atoms with Crippen LogP contribution in [0.4, 0.5) is 0 Å². The molecule has 0 spiro atoms. The van der Waals surface area contributed by atoms with E-state index in [1.54, 1.807) is 8.97 Å². The number of imidazole rings is 1. The maximum Gasteiger partial charge on any atom is 0.340 e. The van der Waals surface area contributed by atoms with Gasteiger partial charge in [-0.05, 0) is 25.2 Å². The fourth-order valence-electron chi connectivity index (χ4n) is 3.50. The predicted octanol–water partition coefficient (Wildman–Crippen LogP) is 1.35. The molecule has 6 nitrogen and oxygen atoms in total. The Bertz CT molecular complexity index is 928. The zero-order valence-corrected chi connectivity index (χ0v) is 14.9. The molecule has 1 aromatic carbocycles. The fourth-order valence-corrected chi connectivity index (χ4v) is 3.50. The summed E-state index contributed by atoms with van der Waals surface area (Å²) in [5, 5.41) is 10.9. The molecule has 1 aliphatic rings. The number of aromatic nitrogens is 2. The van der Waals surface area contributed by atoms with E-state index in [1.807, 2.05) is 54.7 Å². The minimum Gasteiger partial charge on any atom is -0.474 e. The fraction of sp³-hybridized carbons (Fsp3) is 0.300. The number of rotatable bonds is 4. The molecule has 2 aromatic heterocycles. The smallest absolute Gasteiger partial charge is 0.340 e. The summed E-state index contributed by atoms with van der Waals surface area (Å²) < 4.78 is 3.50. The predicted molar refractivity (Wildman–Crippen MR) is 98.9 cm³/mol. The standard InChI is InChI=1S/C20H22N4O2/c1-21-11-13-22(14-12-21)15-17(25)19-20(26)24(16-7-3-2-4-8-16)18-9-5-6-10-23(18)19/h2-10H,11-15H2,1H3/p+1. The van der Waals surface area contributed by atoms with Gasteiger partial charge in [-0.2, -0.15) is 8.97 Å². The van der Waals surface area contributed by atoms with Crippen LogP contribution < -0.4 is 4.40 Å². The van der Waals surface area contributed by atoms with Crippen LogP contribution in [0.2, 0.25) is 0 Å². The Morgan fingerprint density at radius 2 is 1.73 bits per heavy atom. The summed E-state index contributed by atoms with van der Waals surface area (Å²) in [5.41, 5.74) is 1.92. The molecule has 0 amide bonds. The number of nitrogens with zero attached hydrogens (tertiary/aromatic N) is 4. The first-order valence-corrected chi connectivity index (χ1v) is 8.89. The quantitative estimate of drug-likeness (QED) is 0.570. The van der Waals surface area contributed by atoms with E-state index < -0.39 is 0 Å². The number of ketones is 1. The lowest BCUT2D eigenvalue weighted by Gasteiger charge is -2.31. The second-order valence-electron chi connectivity index (χ2n) is 6.77. The molecule has 3 aromatic rings. The van der Waals surface area contributed by atoms with E-state index in [0.717, 1.165) is 37.5 Å². The summed E-state index contributed by atoms with van der Waals surface area (Å²) in [5.74, 6) is -0.0792. The Kier molecular flexibility index (Phi) is 4.44. The normalized spacial score (nSPS) is 16.2. The van der Waals surface area contributed by atoms with E-state index >= 15 is 0 Å². The average Bonchev–Trinajstić information content (AvgIpc) is 2.96. The second kappa shape index (κ2) is 6.90. The number of pyridine rings is 1. The van der Waals surface area contributed by atoms with Gasteiger partial charge in [0.25, 0.3) is 11.3 Å². The zero-order valence-electron chi connectivity index (χ0n) is 14.9. The van der Waals surface area contributed by atoms with Gasteiger partial charge in [-0.15, -0.1) is 0 Å². The molecule has 0 radical (unpaired) electrons. The zero-order chi connectivity index (χ0) is 18.1. The van der Waals surface area contributed by atoms with Crippen molar-refractivity contribution in [2.24, 2.45) is 0 Å². The number of hydrogen-bond acceptors (Lipinski definition) is 4. The molecule has 1 N–H and O–H groups in total. The third-order valence-electron chi connectivity index (χ3n) is 4.97. The van der Waals surface area contributed by atoms with Gasteiger partial charge in [-0.25, -0.2) is 0 Å². The van der Waals surface area contributed by atoms with Gasteiger partial charge in [-0.3, -0.25) is 9.69 Å². The molecule has 0 bridgehead atoms. The minimum absolute atomic E-state index is 0.0125. The number of Topliss-reactive ketones (excluding diaryl/α,β-unsaturated/α-hetero) is 1. The van der Waals surface area contributed by atoms with E-state index in [4.69, 9.17) is 0 Å². The van der Waals surface area contributed by atoms with Crippen molar-refractivity contribution in [3.05, 3.63) is 60.4 Å². The van der Waals surface area contributed by atoms with Gasteiger partial charge in [0.15, 0.2) is 0 Å². The van der Waals surface area contributed by atoms with Gasteiger partial charge >= 0.3 is 5.88 Å². The van der Waals surface area contributed by atoms with E-state index in [0.29, 0.717) is 12.2 Å². The van der Waals surface area contributed by atoms with E-state index in [2.05, 4.69) is 16.8 Å². The van der Waals surface area contributed by atoms with E-state index in [-0.39, 0.29) is 11.7 Å². The van der Waals surface area contributed by atoms with Gasteiger partial charge < -0.3 is 10.0 Å². The average molecular weight is 351 g/mol. The van der Waals surface area contributed by atoms with Gasteiger partial charge in [0.1, 0.15) is 5.69 Å². The van der Waals surface area contributed by atoms with Crippen LogP contribution in [0, 0.1) is 0 Å². The number of carbonyl (C=O) groups is 1. The molecule has 4 rings (SSSR count). The van der Waals surface area contributed by atoms with Crippen LogP contribution in [0.3, 0.4) is 0 Å². The topological polar surface area (TPSA) is 52.8 Å². The third kappa shape index (κ3) is 2.98. The number of benzene rings is 1. The molecule has 3 heterocycles. The van der Waals surface area contributed by atoms with Crippen molar-refractivity contribution in [2.75, 3.05) is 39.8 Å². The molecule has 6 heteroatoms. The number of carbonyl (C=O) groups excluding carboxylic acids is 1. The molecular formula is C20H23N4O2+. The van der Waals surface area contributed by atoms with Crippen molar-refractivity contribution in [3.8, 4) is 11.6 Å². The van der Waals surface area contributed by atoms with Crippen molar-refractivity contribution in [3.63, 3.8) is 0 Å². The second-order valence-corrected chi connectivity index (χ2v) is 6.77. The lowest BCUT2D eigenvalue weighted by Crippen LogP contribution is -2.47. The Morgan fingerprint density at radius 3 is 2.46 bits per heavy atom. The molecule has 26 heavy (non-hydrogen) atoms. The number of hydrogen-bond donors (Lipinski definition) is 1. The van der Waals surface area contributed by atoms with Gasteiger partial charge in [-0.1, -0.05) is 24.3 Å². The highest BCUT2D eigenvalue weighted by molar-refractivity contribution is 5.97. The molecule has 1 aliphatic heterocycles. The molecule has 0 atom stereocenters. The highest BCUT2D eigenvalue weighted by Gasteiger charge is 2.32. The monoisotopic (exact) mass is 351 g/mol. The van der Waals surface area contributed by atoms with Gasteiger partial charge in [0.05, 0.1) is 12.7 Å². The Balaban J connectivity index is 1.73. The first-order valence-electron chi connectivity index (χ1n) is 8.89. The molecule has 1 saturated heterocycles. The Hall–Kier alpha value is -2.70. The van der Waals surface area contributed by atoms with Crippen molar-refractivity contribution in [2.45, 2.75) is 0 Å². The maximum absolute atomic E-state index is 13.0. The summed E-state index contributed by atoms with van der Waals surface area (Å²) >= 11 is 0. The largest absolute Gasteiger partial charge is 0.474 e. The van der Waals surface area contributed by atoms with Gasteiger partial charge in [0, 0.05) is 32.2 Å². The molecule has 134 valence electrons. The molecule has 0 aliphatic carbocycles. The molecule has 0 unspecified atom stereocenters. The van der Waals surface area contributed by atoms with Crippen LogP contribution >= 0.6 is 0 Å². The number of fused-ring (bicyclic) bond motifs is 1. The Morgan fingerprint density at radius 1 is 1.04 bits per heavy atom. The summed E-state index contributed by atoms with van der Waals surface area (Å²) in [6.07, 6.45) is 1.83. The molecule has 0 saturated carbocycles. The number of para-hydroxylation sites is 1. The summed E-state index contributed by atoms with van der Waals surface area (Å²) in [6.45, 7) is 3.96. The van der Waals surface area contributed by atoms with Crippen LogP contribution in [0.25, 0.3) is 11.3 Å². The summed E-state index contributed by atoms with van der Waals surface area (Å²) in [4.78, 5) is 17.4. The first-order chi connectivity index (χ1) is 12.6. The van der Waals surface area contributed by atoms with E-state index in [9.17, 15) is 9.90 Å². The van der Waals surface area contributed by atoms with Crippen LogP contribution in [0.1, 0.15) is 10.5 Å². The SMILES string of the molecule is CN1CCN(CC(=O)c2c(O)n(-c3ccccc3)c3cccc[n+]23)CC1. The number of piperazine rings is 1. The van der Waals surface area contributed by atoms with Crippen LogP contribution in [0.5, 0.6) is 5.88 Å². The maximum atomic E-state index is 13.0. The van der Waals surface area contributed by atoms with Crippen LogP contribution in [-0.4, -0.2) is 65.0 Å². The number of aromatic hydroxyl groups is 1. The van der Waals surface area contributed by atoms with E-state index in [1.165, 1.54) is 0 Å². The van der Waals surface area contributed by atoms with Crippen LogP contribution in [-0.2, 0) is 0 Å². The van der Waals surface area contributed by atoms with Crippen molar-refractivity contribution >= 4 is 11.4 Å². The summed E-state index contributed by atoms with van der Waals surface area (Å²) in [7, 11) is 2.09. The first kappa shape index (κ1) is 16.8. The lowest BCUT2D eigenvalue weighted by molar-refractivity contribution is -0.513.